The van der Waals surface area contributed by atoms with Crippen molar-refractivity contribution in [2.45, 2.75) is 25.8 Å². The number of hydrogen-bond donors (Lipinski definition) is 3. The largest absolute Gasteiger partial charge is 0.356 e. The molecule has 1 aliphatic rings. The predicted molar refractivity (Wildman–Crippen MR) is 134 cm³/mol. The molecule has 7 nitrogen and oxygen atoms in total. The van der Waals surface area contributed by atoms with Crippen LogP contribution in [0.15, 0.2) is 47.6 Å². The third kappa shape index (κ3) is 7.02. The Kier molecular flexibility index (Phi) is 9.64. The lowest BCUT2D eigenvalue weighted by atomic mass is 10.1. The lowest BCUT2D eigenvalue weighted by Gasteiger charge is -2.20. The van der Waals surface area contributed by atoms with E-state index in [1.807, 2.05) is 36.4 Å². The molecule has 0 bridgehead atoms. The van der Waals surface area contributed by atoms with Gasteiger partial charge in [0.15, 0.2) is 5.96 Å². The highest BCUT2D eigenvalue weighted by Crippen LogP contribution is 2.25. The van der Waals surface area contributed by atoms with Crippen LogP contribution in [0.1, 0.15) is 18.9 Å². The maximum atomic E-state index is 11.1. The monoisotopic (exact) mass is 542 g/mol. The van der Waals surface area contributed by atoms with Gasteiger partial charge in [-0.15, -0.1) is 24.0 Å². The number of rotatable bonds is 6. The van der Waals surface area contributed by atoms with Gasteiger partial charge in [-0.3, -0.25) is 9.79 Å². The summed E-state index contributed by atoms with van der Waals surface area (Å²) in [7, 11) is 1.78. The van der Waals surface area contributed by atoms with Crippen LogP contribution in [-0.4, -0.2) is 49.6 Å². The summed E-state index contributed by atoms with van der Waals surface area (Å²) < 4.78 is 0. The Bertz CT molecular complexity index is 861. The third-order valence-corrected chi connectivity index (χ3v) is 5.07. The molecule has 1 saturated heterocycles. The number of halogens is 2. The number of aromatic nitrogens is 1. The molecule has 0 saturated carbocycles. The Balaban J connectivity index is 0.00000320. The molecule has 1 aliphatic heterocycles. The van der Waals surface area contributed by atoms with E-state index in [1.54, 1.807) is 13.2 Å². The Hall–Kier alpha value is -2.07. The standard InChI is InChI=1S/C21H27ClN6O.HI/c1-15(29)26-17-7-5-16(6-8-17)9-12-25-21(23-2)27-18-10-13-28(14-18)20-19(22)4-3-11-24-20;/h3-8,11,18H,9-10,12-14H2,1-2H3,(H,26,29)(H2,23,25,27);1H. The zero-order valence-corrected chi connectivity index (χ0v) is 20.3. The molecule has 0 spiro atoms. The summed E-state index contributed by atoms with van der Waals surface area (Å²) in [6, 6.07) is 11.9. The van der Waals surface area contributed by atoms with Crippen molar-refractivity contribution in [1.29, 1.82) is 0 Å². The van der Waals surface area contributed by atoms with Gasteiger partial charge < -0.3 is 20.9 Å². The number of nitrogens with one attached hydrogen (secondary N) is 3. The van der Waals surface area contributed by atoms with Crippen molar-refractivity contribution in [2.24, 2.45) is 4.99 Å². The molecule has 3 N–H and O–H groups in total. The molecule has 0 radical (unpaired) electrons. The summed E-state index contributed by atoms with van der Waals surface area (Å²) in [6.45, 7) is 4.01. The van der Waals surface area contributed by atoms with Crippen LogP contribution in [0, 0.1) is 0 Å². The quantitative estimate of drug-likeness (QED) is 0.297. The summed E-state index contributed by atoms with van der Waals surface area (Å²) >= 11 is 6.26. The van der Waals surface area contributed by atoms with Crippen molar-refractivity contribution in [1.82, 2.24) is 15.6 Å². The number of guanidine groups is 1. The van der Waals surface area contributed by atoms with Crippen LogP contribution in [0.3, 0.4) is 0 Å². The van der Waals surface area contributed by atoms with E-state index in [-0.39, 0.29) is 35.9 Å². The van der Waals surface area contributed by atoms with Gasteiger partial charge >= 0.3 is 0 Å². The molecular formula is C21H28ClIN6O. The second-order valence-electron chi connectivity index (χ2n) is 7.01. The molecule has 9 heteroatoms. The Morgan fingerprint density at radius 3 is 2.73 bits per heavy atom. The fourth-order valence-corrected chi connectivity index (χ4v) is 3.59. The van der Waals surface area contributed by atoms with Crippen LogP contribution < -0.4 is 20.9 Å². The number of benzene rings is 1. The molecule has 30 heavy (non-hydrogen) atoms. The molecule has 1 atom stereocenters. The van der Waals surface area contributed by atoms with E-state index in [4.69, 9.17) is 11.6 Å². The van der Waals surface area contributed by atoms with Crippen LogP contribution in [0.2, 0.25) is 5.02 Å². The van der Waals surface area contributed by atoms with Crippen molar-refractivity contribution in [3.05, 3.63) is 53.2 Å². The minimum Gasteiger partial charge on any atom is -0.356 e. The minimum absolute atomic E-state index is 0. The fourth-order valence-electron chi connectivity index (χ4n) is 3.35. The first-order valence-electron chi connectivity index (χ1n) is 9.74. The first-order chi connectivity index (χ1) is 14.0. The molecule has 3 rings (SSSR count). The number of nitrogens with zero attached hydrogens (tertiary/aromatic N) is 3. The van der Waals surface area contributed by atoms with E-state index < -0.39 is 0 Å². The highest BCUT2D eigenvalue weighted by molar-refractivity contribution is 14.0. The van der Waals surface area contributed by atoms with Crippen molar-refractivity contribution < 1.29 is 4.79 Å². The first kappa shape index (κ1) is 24.2. The van der Waals surface area contributed by atoms with Crippen molar-refractivity contribution >= 4 is 58.9 Å². The lowest BCUT2D eigenvalue weighted by Crippen LogP contribution is -2.45. The third-order valence-electron chi connectivity index (χ3n) is 4.77. The van der Waals surface area contributed by atoms with Crippen LogP contribution in [0.4, 0.5) is 11.5 Å². The van der Waals surface area contributed by atoms with Crippen LogP contribution in [0.5, 0.6) is 0 Å². The second-order valence-corrected chi connectivity index (χ2v) is 7.42. The van der Waals surface area contributed by atoms with Gasteiger partial charge in [-0.05, 0) is 42.7 Å². The summed E-state index contributed by atoms with van der Waals surface area (Å²) in [5, 5.41) is 10.3. The maximum absolute atomic E-state index is 11.1. The molecule has 1 fully saturated rings. The van der Waals surface area contributed by atoms with Crippen LogP contribution in [-0.2, 0) is 11.2 Å². The number of anilines is 2. The van der Waals surface area contributed by atoms with Gasteiger partial charge in [-0.25, -0.2) is 4.98 Å². The lowest BCUT2D eigenvalue weighted by molar-refractivity contribution is -0.114. The van der Waals surface area contributed by atoms with E-state index in [0.717, 1.165) is 49.9 Å². The maximum Gasteiger partial charge on any atom is 0.221 e. The minimum atomic E-state index is -0.0647. The number of pyridine rings is 1. The molecule has 2 aromatic rings. The molecule has 0 aliphatic carbocycles. The summed E-state index contributed by atoms with van der Waals surface area (Å²) in [5.41, 5.74) is 2.00. The van der Waals surface area contributed by atoms with Gasteiger partial charge in [-0.1, -0.05) is 23.7 Å². The van der Waals surface area contributed by atoms with Crippen LogP contribution >= 0.6 is 35.6 Å². The van der Waals surface area contributed by atoms with Gasteiger partial charge in [0.2, 0.25) is 5.91 Å². The van der Waals surface area contributed by atoms with Crippen molar-refractivity contribution in [3.8, 4) is 0 Å². The second kappa shape index (κ2) is 11.9. The average Bonchev–Trinajstić information content (AvgIpc) is 3.16. The Morgan fingerprint density at radius 1 is 1.30 bits per heavy atom. The van der Waals surface area contributed by atoms with E-state index in [2.05, 4.69) is 30.8 Å². The Labute approximate surface area is 199 Å². The molecule has 1 aromatic carbocycles. The zero-order chi connectivity index (χ0) is 20.6. The van der Waals surface area contributed by atoms with E-state index in [9.17, 15) is 4.79 Å². The SMILES string of the molecule is CN=C(NCCc1ccc(NC(C)=O)cc1)NC1CCN(c2ncccc2Cl)C1.I. The van der Waals surface area contributed by atoms with Crippen molar-refractivity contribution in [2.75, 3.05) is 36.9 Å². The van der Waals surface area contributed by atoms with Gasteiger partial charge in [0.25, 0.3) is 0 Å². The van der Waals surface area contributed by atoms with E-state index >= 15 is 0 Å². The van der Waals surface area contributed by atoms with Crippen molar-refractivity contribution in [3.63, 3.8) is 0 Å². The predicted octanol–water partition coefficient (Wildman–Crippen LogP) is 3.30. The van der Waals surface area contributed by atoms with E-state index in [1.165, 1.54) is 12.5 Å². The molecule has 162 valence electrons. The van der Waals surface area contributed by atoms with E-state index in [0.29, 0.717) is 5.02 Å². The summed E-state index contributed by atoms with van der Waals surface area (Å²) in [6.07, 6.45) is 3.63. The number of carbonyl (C=O) groups excluding carboxylic acids is 1. The molecular weight excluding hydrogens is 515 g/mol. The molecule has 2 heterocycles. The molecule has 1 amide bonds. The van der Waals surface area contributed by atoms with Crippen LogP contribution in [0.25, 0.3) is 0 Å². The number of aliphatic imine (C=N–C) groups is 1. The van der Waals surface area contributed by atoms with Gasteiger partial charge in [-0.2, -0.15) is 0 Å². The first-order valence-corrected chi connectivity index (χ1v) is 10.1. The summed E-state index contributed by atoms with van der Waals surface area (Å²) in [5.74, 6) is 1.56. The smallest absolute Gasteiger partial charge is 0.221 e. The highest BCUT2D eigenvalue weighted by atomic mass is 127. The topological polar surface area (TPSA) is 81.6 Å². The van der Waals surface area contributed by atoms with Gasteiger partial charge in [0.05, 0.1) is 5.02 Å². The zero-order valence-electron chi connectivity index (χ0n) is 17.2. The number of hydrogen-bond acceptors (Lipinski definition) is 4. The van der Waals surface area contributed by atoms with Gasteiger partial charge in [0, 0.05) is 51.5 Å². The Morgan fingerprint density at radius 2 is 2.07 bits per heavy atom. The number of amides is 1. The average molecular weight is 543 g/mol. The highest BCUT2D eigenvalue weighted by Gasteiger charge is 2.25. The normalized spacial score (nSPS) is 16.0. The van der Waals surface area contributed by atoms with Gasteiger partial charge in [0.1, 0.15) is 5.82 Å². The summed E-state index contributed by atoms with van der Waals surface area (Å²) in [4.78, 5) is 22.0. The molecule has 1 aromatic heterocycles. The number of carbonyl (C=O) groups is 1. The molecule has 1 unspecified atom stereocenters. The fraction of sp³-hybridized carbons (Fsp3) is 0.381.